The van der Waals surface area contributed by atoms with Crippen LogP contribution in [0.2, 0.25) is 0 Å². The lowest BCUT2D eigenvalue weighted by molar-refractivity contribution is -0.128. The van der Waals surface area contributed by atoms with E-state index in [4.69, 9.17) is 4.42 Å². The van der Waals surface area contributed by atoms with Crippen molar-refractivity contribution in [2.24, 2.45) is 0 Å². The number of benzene rings is 1. The van der Waals surface area contributed by atoms with Gasteiger partial charge in [0.15, 0.2) is 5.16 Å². The van der Waals surface area contributed by atoms with E-state index in [0.717, 1.165) is 48.4 Å². The van der Waals surface area contributed by atoms with Gasteiger partial charge in [0, 0.05) is 27.2 Å². The molecule has 1 fully saturated rings. The van der Waals surface area contributed by atoms with Gasteiger partial charge in [0.2, 0.25) is 11.9 Å². The van der Waals surface area contributed by atoms with Crippen LogP contribution in [0.1, 0.15) is 35.8 Å². The molecular formula is C22H27N5O2S. The number of furan rings is 1. The molecule has 3 aromatic rings. The fourth-order valence-electron chi connectivity index (χ4n) is 3.62. The number of amides is 1. The maximum Gasteiger partial charge on any atom is 0.240 e. The Hall–Kier alpha value is -2.74. The molecule has 0 bridgehead atoms. The van der Waals surface area contributed by atoms with Crippen molar-refractivity contribution in [3.05, 3.63) is 60.1 Å². The van der Waals surface area contributed by atoms with Crippen LogP contribution in [0.25, 0.3) is 0 Å². The zero-order valence-electron chi connectivity index (χ0n) is 17.4. The van der Waals surface area contributed by atoms with Crippen molar-refractivity contribution >= 4 is 23.6 Å². The van der Waals surface area contributed by atoms with E-state index >= 15 is 0 Å². The third-order valence-electron chi connectivity index (χ3n) is 5.22. The molecular weight excluding hydrogens is 398 g/mol. The predicted molar refractivity (Wildman–Crippen MR) is 118 cm³/mol. The van der Waals surface area contributed by atoms with Crippen LogP contribution < -0.4 is 4.90 Å². The normalized spacial score (nSPS) is 15.2. The molecule has 0 radical (unpaired) electrons. The number of hydrogen-bond acceptors (Lipinski definition) is 6. The first-order chi connectivity index (χ1) is 14.6. The molecule has 158 valence electrons. The van der Waals surface area contributed by atoms with Gasteiger partial charge in [-0.2, -0.15) is 0 Å². The van der Waals surface area contributed by atoms with Gasteiger partial charge >= 0.3 is 0 Å². The lowest BCUT2D eigenvalue weighted by Crippen LogP contribution is -2.32. The van der Waals surface area contributed by atoms with Gasteiger partial charge in [0.05, 0.1) is 12.8 Å². The Balaban J connectivity index is 1.69. The van der Waals surface area contributed by atoms with Crippen molar-refractivity contribution in [3.63, 3.8) is 0 Å². The minimum absolute atomic E-state index is 0.0262. The second-order valence-corrected chi connectivity index (χ2v) is 8.71. The number of hydrogen-bond donors (Lipinski definition) is 0. The van der Waals surface area contributed by atoms with Gasteiger partial charge in [-0.1, -0.05) is 42.1 Å². The first-order valence-electron chi connectivity index (χ1n) is 10.3. The monoisotopic (exact) mass is 425 g/mol. The molecule has 1 aromatic carbocycles. The van der Waals surface area contributed by atoms with Crippen LogP contribution >= 0.6 is 11.8 Å². The third kappa shape index (κ3) is 4.53. The van der Waals surface area contributed by atoms with Crippen LogP contribution in [0.3, 0.4) is 0 Å². The van der Waals surface area contributed by atoms with Crippen LogP contribution in [0, 0.1) is 0 Å². The molecule has 0 spiro atoms. The highest BCUT2D eigenvalue weighted by Gasteiger charge is 2.28. The lowest BCUT2D eigenvalue weighted by Gasteiger charge is -2.28. The van der Waals surface area contributed by atoms with Gasteiger partial charge in [0.1, 0.15) is 11.0 Å². The number of carbonyl (C=O) groups excluding carboxylic acids is 1. The summed E-state index contributed by atoms with van der Waals surface area (Å²) in [6.45, 7) is 2.48. The lowest BCUT2D eigenvalue weighted by atomic mass is 10.1. The van der Waals surface area contributed by atoms with E-state index in [1.807, 2.05) is 42.5 Å². The summed E-state index contributed by atoms with van der Waals surface area (Å²) in [4.78, 5) is 16.9. The Morgan fingerprint density at radius 1 is 1.10 bits per heavy atom. The number of piperidine rings is 1. The molecule has 1 saturated heterocycles. The Kier molecular flexibility index (Phi) is 6.42. The summed E-state index contributed by atoms with van der Waals surface area (Å²) in [6.07, 6.45) is 5.23. The van der Waals surface area contributed by atoms with Crippen LogP contribution in [0.15, 0.2) is 58.3 Å². The molecule has 0 saturated carbocycles. The highest BCUT2D eigenvalue weighted by atomic mass is 32.2. The van der Waals surface area contributed by atoms with Crippen molar-refractivity contribution in [3.8, 4) is 0 Å². The second-order valence-electron chi connectivity index (χ2n) is 7.64. The molecule has 1 amide bonds. The highest BCUT2D eigenvalue weighted by molar-refractivity contribution is 8.00. The molecule has 1 unspecified atom stereocenters. The quantitative estimate of drug-likeness (QED) is 0.536. The maximum atomic E-state index is 13.0. The zero-order valence-corrected chi connectivity index (χ0v) is 18.2. The van der Waals surface area contributed by atoms with Crippen molar-refractivity contribution in [2.75, 3.05) is 32.1 Å². The van der Waals surface area contributed by atoms with E-state index in [1.165, 1.54) is 18.2 Å². The summed E-state index contributed by atoms with van der Waals surface area (Å²) < 4.78 is 7.68. The number of aromatic nitrogens is 3. The minimum atomic E-state index is -0.394. The molecule has 7 nitrogen and oxygen atoms in total. The summed E-state index contributed by atoms with van der Waals surface area (Å²) in [7, 11) is 3.57. The second kappa shape index (κ2) is 9.38. The Bertz CT molecular complexity index is 949. The molecule has 4 rings (SSSR count). The van der Waals surface area contributed by atoms with Gasteiger partial charge < -0.3 is 14.2 Å². The van der Waals surface area contributed by atoms with Gasteiger partial charge in [-0.25, -0.2) is 0 Å². The smallest absolute Gasteiger partial charge is 0.240 e. The molecule has 1 atom stereocenters. The van der Waals surface area contributed by atoms with Gasteiger partial charge in [-0.15, -0.1) is 10.2 Å². The minimum Gasteiger partial charge on any atom is -0.467 e. The van der Waals surface area contributed by atoms with Crippen LogP contribution in [-0.4, -0.2) is 52.8 Å². The number of rotatable bonds is 7. The van der Waals surface area contributed by atoms with Crippen LogP contribution in [-0.2, 0) is 11.3 Å². The average Bonchev–Trinajstić information content (AvgIpc) is 3.43. The molecule has 3 heterocycles. The largest absolute Gasteiger partial charge is 0.467 e. The number of anilines is 1. The van der Waals surface area contributed by atoms with Crippen molar-refractivity contribution < 1.29 is 9.21 Å². The summed E-state index contributed by atoms with van der Waals surface area (Å²) in [5, 5.41) is 9.35. The number of nitrogens with zero attached hydrogens (tertiary/aromatic N) is 5. The average molecular weight is 426 g/mol. The van der Waals surface area contributed by atoms with E-state index in [2.05, 4.69) is 19.7 Å². The van der Waals surface area contributed by atoms with E-state index in [0.29, 0.717) is 6.54 Å². The summed E-state index contributed by atoms with van der Waals surface area (Å²) in [5.74, 6) is 1.71. The predicted octanol–water partition coefficient (Wildman–Crippen LogP) is 3.83. The fourth-order valence-corrected chi connectivity index (χ4v) is 4.80. The SMILES string of the molecule is CN(C)C(=O)C(Sc1nnc(N2CCCCC2)n1Cc1ccco1)c1ccccc1. The van der Waals surface area contributed by atoms with Crippen molar-refractivity contribution in [1.29, 1.82) is 0 Å². The van der Waals surface area contributed by atoms with E-state index in [9.17, 15) is 4.79 Å². The first kappa shape index (κ1) is 20.5. The van der Waals surface area contributed by atoms with Crippen LogP contribution in [0.5, 0.6) is 0 Å². The van der Waals surface area contributed by atoms with Crippen molar-refractivity contribution in [2.45, 2.75) is 36.2 Å². The zero-order chi connectivity index (χ0) is 20.9. The summed E-state index contributed by atoms with van der Waals surface area (Å²) in [6, 6.07) is 13.7. The summed E-state index contributed by atoms with van der Waals surface area (Å²) in [5.41, 5.74) is 0.952. The molecule has 2 aromatic heterocycles. The Labute approximate surface area is 181 Å². The van der Waals surface area contributed by atoms with E-state index < -0.39 is 5.25 Å². The van der Waals surface area contributed by atoms with Gasteiger partial charge in [0.25, 0.3) is 0 Å². The fraction of sp³-hybridized carbons (Fsp3) is 0.409. The number of thioether (sulfide) groups is 1. The standard InChI is InChI=1S/C22H27N5O2S/c1-25(2)20(28)19(17-10-5-3-6-11-17)30-22-24-23-21(26-13-7-4-8-14-26)27(22)16-18-12-9-15-29-18/h3,5-6,9-12,15,19H,4,7-8,13-14,16H2,1-2H3. The van der Waals surface area contributed by atoms with Gasteiger partial charge in [-0.05, 0) is 37.0 Å². The van der Waals surface area contributed by atoms with Crippen LogP contribution in [0.4, 0.5) is 5.95 Å². The highest BCUT2D eigenvalue weighted by Crippen LogP contribution is 2.37. The topological polar surface area (TPSA) is 67.4 Å². The van der Waals surface area contributed by atoms with E-state index in [1.54, 1.807) is 25.3 Å². The molecule has 30 heavy (non-hydrogen) atoms. The van der Waals surface area contributed by atoms with E-state index in [-0.39, 0.29) is 5.91 Å². The van der Waals surface area contributed by atoms with Crippen molar-refractivity contribution in [1.82, 2.24) is 19.7 Å². The molecule has 0 N–H and O–H groups in total. The Morgan fingerprint density at radius 2 is 1.87 bits per heavy atom. The maximum absolute atomic E-state index is 13.0. The molecule has 1 aliphatic heterocycles. The third-order valence-corrected chi connectivity index (χ3v) is 6.44. The Morgan fingerprint density at radius 3 is 2.53 bits per heavy atom. The molecule has 1 aliphatic rings. The molecule has 8 heteroatoms. The van der Waals surface area contributed by atoms with Gasteiger partial charge in [-0.3, -0.25) is 9.36 Å². The summed E-state index contributed by atoms with van der Waals surface area (Å²) >= 11 is 1.44. The number of carbonyl (C=O) groups is 1. The number of likely N-dealkylation sites (N-methyl/N-ethyl adjacent to an activating group) is 1. The first-order valence-corrected chi connectivity index (χ1v) is 11.1. The molecule has 0 aliphatic carbocycles.